The molecule has 106 valence electrons. The second-order valence-corrected chi connectivity index (χ2v) is 5.06. The van der Waals surface area contributed by atoms with Crippen molar-refractivity contribution in [3.8, 4) is 0 Å². The van der Waals surface area contributed by atoms with Crippen molar-refractivity contribution in [1.29, 1.82) is 0 Å². The van der Waals surface area contributed by atoms with Gasteiger partial charge in [-0.1, -0.05) is 11.8 Å². The van der Waals surface area contributed by atoms with Crippen LogP contribution in [0.3, 0.4) is 0 Å². The predicted octanol–water partition coefficient (Wildman–Crippen LogP) is -0.257. The predicted molar refractivity (Wildman–Crippen MR) is 69.8 cm³/mol. The molecule has 0 saturated carbocycles. The normalized spacial score (nSPS) is 17.9. The first-order valence-corrected chi connectivity index (χ1v) is 6.69. The number of anilines is 1. The molecular weight excluding hydrogens is 284 g/mol. The number of nitrogen functional groups attached to an aromatic ring is 1. The van der Waals surface area contributed by atoms with Gasteiger partial charge in [-0.05, 0) is 6.92 Å². The zero-order chi connectivity index (χ0) is 14.7. The summed E-state index contributed by atoms with van der Waals surface area (Å²) in [6.45, 7) is 1.90. The SMILES string of the molecule is CCOC(=O)c1cnc(SC2CC(=O)NC2=O)nc1N. The number of rotatable bonds is 4. The summed E-state index contributed by atoms with van der Waals surface area (Å²) in [5.74, 6) is -1.33. The van der Waals surface area contributed by atoms with Crippen molar-refractivity contribution >= 4 is 35.4 Å². The minimum atomic E-state index is -0.602. The van der Waals surface area contributed by atoms with Crippen molar-refractivity contribution in [2.24, 2.45) is 0 Å². The lowest BCUT2D eigenvalue weighted by Gasteiger charge is -2.07. The molecule has 9 heteroatoms. The molecule has 1 aromatic rings. The molecule has 20 heavy (non-hydrogen) atoms. The number of esters is 1. The first-order chi connectivity index (χ1) is 9.51. The molecule has 1 aromatic heterocycles. The van der Waals surface area contributed by atoms with Crippen molar-refractivity contribution < 1.29 is 19.1 Å². The van der Waals surface area contributed by atoms with E-state index in [0.29, 0.717) is 0 Å². The highest BCUT2D eigenvalue weighted by Crippen LogP contribution is 2.26. The number of imide groups is 1. The standard InChI is InChI=1S/C11H12N4O4S/c1-2-19-10(18)5-4-13-11(15-8(5)12)20-6-3-7(16)14-9(6)17/h4,6H,2-3H2,1H3,(H2,12,13,15)(H,14,16,17). The number of nitrogens with zero attached hydrogens (tertiary/aromatic N) is 2. The summed E-state index contributed by atoms with van der Waals surface area (Å²) in [5.41, 5.74) is 5.73. The topological polar surface area (TPSA) is 124 Å². The number of nitrogens with one attached hydrogen (secondary N) is 1. The average Bonchev–Trinajstić information content (AvgIpc) is 2.68. The van der Waals surface area contributed by atoms with Gasteiger partial charge in [0.2, 0.25) is 11.8 Å². The van der Waals surface area contributed by atoms with E-state index in [2.05, 4.69) is 15.3 Å². The molecule has 0 bridgehead atoms. The highest BCUT2D eigenvalue weighted by Gasteiger charge is 2.32. The maximum atomic E-state index is 11.5. The molecule has 3 N–H and O–H groups in total. The first kappa shape index (κ1) is 14.3. The van der Waals surface area contributed by atoms with Crippen LogP contribution in [-0.2, 0) is 14.3 Å². The minimum absolute atomic E-state index is 0.0225. The van der Waals surface area contributed by atoms with E-state index in [1.54, 1.807) is 6.92 Å². The van der Waals surface area contributed by atoms with E-state index in [-0.39, 0.29) is 41.4 Å². The smallest absolute Gasteiger partial charge is 0.343 e. The number of aromatic nitrogens is 2. The Balaban J connectivity index is 2.11. The van der Waals surface area contributed by atoms with Crippen LogP contribution < -0.4 is 11.1 Å². The van der Waals surface area contributed by atoms with Gasteiger partial charge in [-0.3, -0.25) is 14.9 Å². The van der Waals surface area contributed by atoms with Gasteiger partial charge < -0.3 is 10.5 Å². The molecule has 8 nitrogen and oxygen atoms in total. The summed E-state index contributed by atoms with van der Waals surface area (Å²) in [5, 5.41) is 1.84. The monoisotopic (exact) mass is 296 g/mol. The summed E-state index contributed by atoms with van der Waals surface area (Å²) in [6.07, 6.45) is 1.32. The molecule has 1 atom stereocenters. The zero-order valence-corrected chi connectivity index (χ0v) is 11.4. The van der Waals surface area contributed by atoms with Gasteiger partial charge in [0.1, 0.15) is 16.6 Å². The van der Waals surface area contributed by atoms with Crippen LogP contribution in [0.25, 0.3) is 0 Å². The molecule has 0 aromatic carbocycles. The fourth-order valence-corrected chi connectivity index (χ4v) is 2.47. The van der Waals surface area contributed by atoms with E-state index in [0.717, 1.165) is 11.8 Å². The third kappa shape index (κ3) is 3.05. The largest absolute Gasteiger partial charge is 0.462 e. The van der Waals surface area contributed by atoms with Crippen LogP contribution in [0.4, 0.5) is 5.82 Å². The number of thioether (sulfide) groups is 1. The number of nitrogens with two attached hydrogens (primary N) is 1. The van der Waals surface area contributed by atoms with Crippen LogP contribution in [0.1, 0.15) is 23.7 Å². The number of amides is 2. The molecule has 0 radical (unpaired) electrons. The molecule has 2 rings (SSSR count). The van der Waals surface area contributed by atoms with Crippen LogP contribution in [0, 0.1) is 0 Å². The zero-order valence-electron chi connectivity index (χ0n) is 10.6. The van der Waals surface area contributed by atoms with Gasteiger partial charge in [0.25, 0.3) is 0 Å². The van der Waals surface area contributed by atoms with Gasteiger partial charge in [0.05, 0.1) is 6.61 Å². The number of ether oxygens (including phenoxy) is 1. The van der Waals surface area contributed by atoms with Gasteiger partial charge in [-0.25, -0.2) is 14.8 Å². The van der Waals surface area contributed by atoms with Crippen molar-refractivity contribution in [2.75, 3.05) is 12.3 Å². The second kappa shape index (κ2) is 5.87. The summed E-state index contributed by atoms with van der Waals surface area (Å²) >= 11 is 1.02. The first-order valence-electron chi connectivity index (χ1n) is 5.81. The number of hydrogen-bond donors (Lipinski definition) is 2. The molecule has 1 aliphatic heterocycles. The van der Waals surface area contributed by atoms with E-state index >= 15 is 0 Å². The van der Waals surface area contributed by atoms with Crippen molar-refractivity contribution in [3.05, 3.63) is 11.8 Å². The van der Waals surface area contributed by atoms with Gasteiger partial charge >= 0.3 is 5.97 Å². The van der Waals surface area contributed by atoms with Gasteiger partial charge in [0.15, 0.2) is 5.16 Å². The molecule has 0 aliphatic carbocycles. The second-order valence-electron chi connectivity index (χ2n) is 3.90. The maximum absolute atomic E-state index is 11.5. The Bertz CT molecular complexity index is 578. The van der Waals surface area contributed by atoms with Crippen LogP contribution in [0.2, 0.25) is 0 Å². The lowest BCUT2D eigenvalue weighted by atomic mass is 10.3. The lowest BCUT2D eigenvalue weighted by molar-refractivity contribution is -0.124. The molecule has 1 fully saturated rings. The highest BCUT2D eigenvalue weighted by atomic mass is 32.2. The Morgan fingerprint density at radius 1 is 1.60 bits per heavy atom. The van der Waals surface area contributed by atoms with E-state index in [1.165, 1.54) is 6.20 Å². The average molecular weight is 296 g/mol. The maximum Gasteiger partial charge on any atom is 0.343 e. The van der Waals surface area contributed by atoms with E-state index in [4.69, 9.17) is 10.5 Å². The van der Waals surface area contributed by atoms with Gasteiger partial charge in [0, 0.05) is 12.6 Å². The van der Waals surface area contributed by atoms with Crippen LogP contribution in [0.5, 0.6) is 0 Å². The number of hydrogen-bond acceptors (Lipinski definition) is 8. The molecule has 1 aliphatic rings. The van der Waals surface area contributed by atoms with Crippen molar-refractivity contribution in [1.82, 2.24) is 15.3 Å². The molecule has 1 saturated heterocycles. The Kier molecular flexibility index (Phi) is 4.18. The van der Waals surface area contributed by atoms with Crippen LogP contribution in [0.15, 0.2) is 11.4 Å². The van der Waals surface area contributed by atoms with Crippen LogP contribution >= 0.6 is 11.8 Å². The van der Waals surface area contributed by atoms with Crippen molar-refractivity contribution in [3.63, 3.8) is 0 Å². The third-order valence-electron chi connectivity index (χ3n) is 2.46. The fourth-order valence-electron chi connectivity index (χ4n) is 1.55. The summed E-state index contributed by atoms with van der Waals surface area (Å²) in [6, 6.07) is 0. The summed E-state index contributed by atoms with van der Waals surface area (Å²) < 4.78 is 4.80. The van der Waals surface area contributed by atoms with E-state index < -0.39 is 11.2 Å². The van der Waals surface area contributed by atoms with E-state index in [1.807, 2.05) is 0 Å². The molecular formula is C11H12N4O4S. The Morgan fingerprint density at radius 3 is 2.90 bits per heavy atom. The Labute approximate surface area is 118 Å². The Morgan fingerprint density at radius 2 is 2.35 bits per heavy atom. The summed E-state index contributed by atoms with van der Waals surface area (Å²) in [4.78, 5) is 41.9. The fraction of sp³-hybridized carbons (Fsp3) is 0.364. The minimum Gasteiger partial charge on any atom is -0.462 e. The quantitative estimate of drug-likeness (QED) is 0.442. The molecule has 1 unspecified atom stereocenters. The van der Waals surface area contributed by atoms with Gasteiger partial charge in [-0.2, -0.15) is 0 Å². The molecule has 2 amide bonds. The highest BCUT2D eigenvalue weighted by molar-refractivity contribution is 8.00. The number of carbonyl (C=O) groups is 3. The van der Waals surface area contributed by atoms with E-state index in [9.17, 15) is 14.4 Å². The summed E-state index contributed by atoms with van der Waals surface area (Å²) in [7, 11) is 0. The molecule has 0 spiro atoms. The van der Waals surface area contributed by atoms with Gasteiger partial charge in [-0.15, -0.1) is 0 Å². The van der Waals surface area contributed by atoms with Crippen molar-refractivity contribution in [2.45, 2.75) is 23.8 Å². The van der Waals surface area contributed by atoms with Crippen LogP contribution in [-0.4, -0.2) is 39.6 Å². The lowest BCUT2D eigenvalue weighted by Crippen LogP contribution is -2.23. The number of carbonyl (C=O) groups excluding carboxylic acids is 3. The third-order valence-corrected chi connectivity index (χ3v) is 3.54. The molecule has 2 heterocycles. The Hall–Kier alpha value is -2.16.